The van der Waals surface area contributed by atoms with Gasteiger partial charge in [-0.1, -0.05) is 32.9 Å². The van der Waals surface area contributed by atoms with Gasteiger partial charge in [0.05, 0.1) is 6.54 Å². The molecular weight excluding hydrogens is 264 g/mol. The molecule has 0 saturated carbocycles. The zero-order valence-electron chi connectivity index (χ0n) is 14.0. The SMILES string of the molecule is CCCN(Cc1nc(C(C)(C)C)no1)CC1CCNCC1. The van der Waals surface area contributed by atoms with Crippen molar-refractivity contribution >= 4 is 0 Å². The van der Waals surface area contributed by atoms with Crippen LogP contribution < -0.4 is 5.32 Å². The summed E-state index contributed by atoms with van der Waals surface area (Å²) < 4.78 is 5.44. The third-order valence-electron chi connectivity index (χ3n) is 4.01. The molecule has 1 fully saturated rings. The highest BCUT2D eigenvalue weighted by Gasteiger charge is 2.23. The second-order valence-corrected chi connectivity index (χ2v) is 7.19. The van der Waals surface area contributed by atoms with Gasteiger partial charge in [-0.3, -0.25) is 4.90 Å². The topological polar surface area (TPSA) is 54.2 Å². The first-order valence-corrected chi connectivity index (χ1v) is 8.25. The van der Waals surface area contributed by atoms with Crippen molar-refractivity contribution in [2.24, 2.45) is 5.92 Å². The molecule has 21 heavy (non-hydrogen) atoms. The fourth-order valence-corrected chi connectivity index (χ4v) is 2.80. The number of hydrogen-bond donors (Lipinski definition) is 1. The van der Waals surface area contributed by atoms with E-state index in [0.29, 0.717) is 0 Å². The number of piperidine rings is 1. The molecule has 0 radical (unpaired) electrons. The van der Waals surface area contributed by atoms with Crippen molar-refractivity contribution < 1.29 is 4.52 Å². The summed E-state index contributed by atoms with van der Waals surface area (Å²) in [5.74, 6) is 2.35. The molecule has 5 nitrogen and oxygen atoms in total. The van der Waals surface area contributed by atoms with Crippen molar-refractivity contribution in [3.63, 3.8) is 0 Å². The van der Waals surface area contributed by atoms with E-state index in [1.54, 1.807) is 0 Å². The van der Waals surface area contributed by atoms with Crippen LogP contribution in [-0.4, -0.2) is 41.2 Å². The molecule has 0 bridgehead atoms. The summed E-state index contributed by atoms with van der Waals surface area (Å²) in [6, 6.07) is 0. The Kier molecular flexibility index (Phi) is 5.76. The first-order chi connectivity index (χ1) is 9.99. The second kappa shape index (κ2) is 7.36. The first kappa shape index (κ1) is 16.4. The lowest BCUT2D eigenvalue weighted by molar-refractivity contribution is 0.178. The van der Waals surface area contributed by atoms with Crippen LogP contribution in [0, 0.1) is 5.92 Å². The molecule has 0 spiro atoms. The molecule has 1 N–H and O–H groups in total. The van der Waals surface area contributed by atoms with Crippen LogP contribution in [0.15, 0.2) is 4.52 Å². The van der Waals surface area contributed by atoms with E-state index in [2.05, 4.69) is 48.1 Å². The highest BCUT2D eigenvalue weighted by atomic mass is 16.5. The average Bonchev–Trinajstić information content (AvgIpc) is 2.89. The van der Waals surface area contributed by atoms with Gasteiger partial charge < -0.3 is 9.84 Å². The van der Waals surface area contributed by atoms with Crippen molar-refractivity contribution in [3.05, 3.63) is 11.7 Å². The Balaban J connectivity index is 1.93. The van der Waals surface area contributed by atoms with Crippen LogP contribution in [0.5, 0.6) is 0 Å². The monoisotopic (exact) mass is 294 g/mol. The van der Waals surface area contributed by atoms with Gasteiger partial charge in [-0.2, -0.15) is 4.98 Å². The van der Waals surface area contributed by atoms with Crippen molar-refractivity contribution in [1.82, 2.24) is 20.4 Å². The van der Waals surface area contributed by atoms with Gasteiger partial charge in [0, 0.05) is 12.0 Å². The molecule has 2 heterocycles. The summed E-state index contributed by atoms with van der Waals surface area (Å²) in [6.07, 6.45) is 3.71. The van der Waals surface area contributed by atoms with Crippen LogP contribution in [0.3, 0.4) is 0 Å². The molecular formula is C16H30N4O. The largest absolute Gasteiger partial charge is 0.338 e. The van der Waals surface area contributed by atoms with E-state index < -0.39 is 0 Å². The lowest BCUT2D eigenvalue weighted by Gasteiger charge is -2.29. The normalized spacial score (nSPS) is 17.6. The third kappa shape index (κ3) is 5.08. The Hall–Kier alpha value is -0.940. The van der Waals surface area contributed by atoms with Gasteiger partial charge in [0.1, 0.15) is 0 Å². The Labute approximate surface area is 128 Å². The van der Waals surface area contributed by atoms with Gasteiger partial charge in [0.25, 0.3) is 0 Å². The predicted octanol–water partition coefficient (Wildman–Crippen LogP) is 2.58. The van der Waals surface area contributed by atoms with E-state index >= 15 is 0 Å². The van der Waals surface area contributed by atoms with Crippen LogP contribution in [-0.2, 0) is 12.0 Å². The maximum Gasteiger partial charge on any atom is 0.240 e. The summed E-state index contributed by atoms with van der Waals surface area (Å²) in [7, 11) is 0. The van der Waals surface area contributed by atoms with E-state index in [1.807, 2.05) is 0 Å². The van der Waals surface area contributed by atoms with E-state index in [-0.39, 0.29) is 5.41 Å². The van der Waals surface area contributed by atoms with E-state index in [0.717, 1.165) is 56.8 Å². The fraction of sp³-hybridized carbons (Fsp3) is 0.875. The molecule has 1 aliphatic rings. The van der Waals surface area contributed by atoms with Crippen molar-refractivity contribution in [2.45, 2.75) is 58.9 Å². The number of aromatic nitrogens is 2. The molecule has 0 amide bonds. The minimum Gasteiger partial charge on any atom is -0.338 e. The van der Waals surface area contributed by atoms with Crippen molar-refractivity contribution in [3.8, 4) is 0 Å². The summed E-state index contributed by atoms with van der Waals surface area (Å²) in [4.78, 5) is 7.03. The van der Waals surface area contributed by atoms with Gasteiger partial charge in [-0.25, -0.2) is 0 Å². The molecule has 1 aromatic rings. The molecule has 5 heteroatoms. The van der Waals surface area contributed by atoms with Gasteiger partial charge in [-0.15, -0.1) is 0 Å². The molecule has 2 rings (SSSR count). The molecule has 0 unspecified atom stereocenters. The number of rotatable bonds is 6. The summed E-state index contributed by atoms with van der Waals surface area (Å²) >= 11 is 0. The molecule has 0 atom stereocenters. The van der Waals surface area contributed by atoms with Crippen LogP contribution in [0.25, 0.3) is 0 Å². The third-order valence-corrected chi connectivity index (χ3v) is 4.01. The zero-order chi connectivity index (χ0) is 15.3. The Morgan fingerprint density at radius 1 is 1.29 bits per heavy atom. The fourth-order valence-electron chi connectivity index (χ4n) is 2.80. The number of nitrogens with one attached hydrogen (secondary N) is 1. The minimum atomic E-state index is -0.0492. The molecule has 1 aliphatic heterocycles. The van der Waals surface area contributed by atoms with Crippen molar-refractivity contribution in [2.75, 3.05) is 26.2 Å². The summed E-state index contributed by atoms with van der Waals surface area (Å²) in [5.41, 5.74) is -0.0492. The maximum absolute atomic E-state index is 5.44. The van der Waals surface area contributed by atoms with Crippen LogP contribution >= 0.6 is 0 Å². The smallest absolute Gasteiger partial charge is 0.240 e. The quantitative estimate of drug-likeness (QED) is 0.874. The maximum atomic E-state index is 5.44. The van der Waals surface area contributed by atoms with Gasteiger partial charge in [0.15, 0.2) is 5.82 Å². The lowest BCUT2D eigenvalue weighted by Crippen LogP contribution is -2.36. The van der Waals surface area contributed by atoms with Gasteiger partial charge in [0.2, 0.25) is 5.89 Å². The Morgan fingerprint density at radius 2 is 2.00 bits per heavy atom. The van der Waals surface area contributed by atoms with Gasteiger partial charge in [-0.05, 0) is 44.8 Å². The highest BCUT2D eigenvalue weighted by molar-refractivity contribution is 4.99. The molecule has 1 saturated heterocycles. The average molecular weight is 294 g/mol. The molecule has 0 aromatic carbocycles. The summed E-state index contributed by atoms with van der Waals surface area (Å²) in [5, 5.41) is 7.55. The molecule has 1 aromatic heterocycles. The lowest BCUT2D eigenvalue weighted by atomic mass is 9.96. The van der Waals surface area contributed by atoms with E-state index in [9.17, 15) is 0 Å². The van der Waals surface area contributed by atoms with E-state index in [1.165, 1.54) is 12.8 Å². The van der Waals surface area contributed by atoms with Crippen LogP contribution in [0.1, 0.15) is 58.7 Å². The summed E-state index contributed by atoms with van der Waals surface area (Å²) in [6.45, 7) is 13.9. The second-order valence-electron chi connectivity index (χ2n) is 7.19. The Morgan fingerprint density at radius 3 is 2.57 bits per heavy atom. The number of hydrogen-bond acceptors (Lipinski definition) is 5. The van der Waals surface area contributed by atoms with E-state index in [4.69, 9.17) is 4.52 Å². The van der Waals surface area contributed by atoms with Gasteiger partial charge >= 0.3 is 0 Å². The zero-order valence-corrected chi connectivity index (χ0v) is 14.0. The van der Waals surface area contributed by atoms with Crippen LogP contribution in [0.4, 0.5) is 0 Å². The standard InChI is InChI=1S/C16H30N4O/c1-5-10-20(11-13-6-8-17-9-7-13)12-14-18-15(19-21-14)16(2,3)4/h13,17H,5-12H2,1-4H3. The first-order valence-electron chi connectivity index (χ1n) is 8.25. The minimum absolute atomic E-state index is 0.0492. The van der Waals surface area contributed by atoms with Crippen LogP contribution in [0.2, 0.25) is 0 Å². The molecule has 0 aliphatic carbocycles. The molecule has 120 valence electrons. The Bertz CT molecular complexity index is 418. The number of nitrogens with zero attached hydrogens (tertiary/aromatic N) is 3. The predicted molar refractivity (Wildman–Crippen MR) is 84.2 cm³/mol. The van der Waals surface area contributed by atoms with Crippen molar-refractivity contribution in [1.29, 1.82) is 0 Å². The highest BCUT2D eigenvalue weighted by Crippen LogP contribution is 2.20.